The van der Waals surface area contributed by atoms with Gasteiger partial charge in [-0.15, -0.1) is 0 Å². The molecule has 0 amide bonds. The molecule has 0 atom stereocenters. The van der Waals surface area contributed by atoms with Gasteiger partial charge < -0.3 is 4.74 Å². The maximum Gasteiger partial charge on any atom is 0.126 e. The third-order valence-corrected chi connectivity index (χ3v) is 3.63. The van der Waals surface area contributed by atoms with Gasteiger partial charge in [-0.2, -0.15) is 0 Å². The van der Waals surface area contributed by atoms with Crippen LogP contribution in [0.2, 0.25) is 0 Å². The van der Waals surface area contributed by atoms with Gasteiger partial charge in [-0.25, -0.2) is 0 Å². The molecule has 2 rings (SSSR count). The lowest BCUT2D eigenvalue weighted by molar-refractivity contribution is 0.339. The minimum Gasteiger partial charge on any atom is -0.493 e. The second-order valence-electron chi connectivity index (χ2n) is 4.72. The Hall–Kier alpha value is -1.93. The predicted molar refractivity (Wildman–Crippen MR) is 94.2 cm³/mol. The lowest BCUT2D eigenvalue weighted by atomic mass is 10.1. The first-order valence-electron chi connectivity index (χ1n) is 7.27. The quantitative estimate of drug-likeness (QED) is 0.418. The number of ether oxygens (including phenoxy) is 1. The van der Waals surface area contributed by atoms with Crippen LogP contribution in [0.15, 0.2) is 54.6 Å². The molecule has 108 valence electrons. The van der Waals surface area contributed by atoms with Crippen LogP contribution in [0.4, 0.5) is 0 Å². The van der Waals surface area contributed by atoms with Crippen LogP contribution in [0.1, 0.15) is 30.5 Å². The maximum atomic E-state index is 5.72. The fraction of sp³-hybridized carbons (Fsp3) is 0.211. The molecule has 0 bridgehead atoms. The Morgan fingerprint density at radius 1 is 1.10 bits per heavy atom. The number of thiocarbonyl (C=S) groups is 1. The van der Waals surface area contributed by atoms with Gasteiger partial charge in [-0.1, -0.05) is 61.6 Å². The van der Waals surface area contributed by atoms with E-state index in [-0.39, 0.29) is 0 Å². The lowest BCUT2D eigenvalue weighted by Gasteiger charge is -2.09. The van der Waals surface area contributed by atoms with Crippen LogP contribution in [-0.2, 0) is 6.42 Å². The SMILES string of the molecule is CCOc1cc(CC)ccc1C=CC(=S)c1ccccc1. The lowest BCUT2D eigenvalue weighted by Crippen LogP contribution is -1.96. The summed E-state index contributed by atoms with van der Waals surface area (Å²) in [6.45, 7) is 4.81. The van der Waals surface area contributed by atoms with E-state index in [4.69, 9.17) is 17.0 Å². The minimum absolute atomic E-state index is 0.664. The Balaban J connectivity index is 2.22. The number of aryl methyl sites for hydroxylation is 1. The predicted octanol–water partition coefficient (Wildman–Crippen LogP) is 5.08. The monoisotopic (exact) mass is 296 g/mol. The van der Waals surface area contributed by atoms with Crippen molar-refractivity contribution in [1.82, 2.24) is 0 Å². The van der Waals surface area contributed by atoms with Gasteiger partial charge in [0.15, 0.2) is 0 Å². The standard InChI is InChI=1S/C19H20OS/c1-3-15-10-11-16(18(14-15)20-4-2)12-13-19(21)17-8-6-5-7-9-17/h5-14H,3-4H2,1-2H3. The molecule has 0 unspecified atom stereocenters. The summed E-state index contributed by atoms with van der Waals surface area (Å²) in [6, 6.07) is 16.4. The summed E-state index contributed by atoms with van der Waals surface area (Å²) in [7, 11) is 0. The van der Waals surface area contributed by atoms with E-state index in [1.165, 1.54) is 5.56 Å². The number of hydrogen-bond donors (Lipinski definition) is 0. The van der Waals surface area contributed by atoms with Gasteiger partial charge in [-0.3, -0.25) is 0 Å². The molecule has 0 aliphatic heterocycles. The first-order valence-corrected chi connectivity index (χ1v) is 7.68. The minimum atomic E-state index is 0.664. The summed E-state index contributed by atoms with van der Waals surface area (Å²) in [5, 5.41) is 0. The molecule has 0 aromatic heterocycles. The molecule has 0 spiro atoms. The molecule has 0 fully saturated rings. The van der Waals surface area contributed by atoms with E-state index in [0.717, 1.165) is 28.2 Å². The highest BCUT2D eigenvalue weighted by atomic mass is 32.1. The van der Waals surface area contributed by atoms with Gasteiger partial charge in [0.25, 0.3) is 0 Å². The van der Waals surface area contributed by atoms with E-state index in [9.17, 15) is 0 Å². The van der Waals surface area contributed by atoms with Crippen molar-refractivity contribution in [2.45, 2.75) is 20.3 Å². The topological polar surface area (TPSA) is 9.23 Å². The van der Waals surface area contributed by atoms with E-state index in [1.54, 1.807) is 0 Å². The molecular formula is C19H20OS. The number of benzene rings is 2. The molecule has 2 aromatic carbocycles. The molecule has 21 heavy (non-hydrogen) atoms. The Bertz CT molecular complexity index is 629. The second-order valence-corrected chi connectivity index (χ2v) is 5.16. The Labute approximate surface area is 132 Å². The molecule has 0 heterocycles. The third kappa shape index (κ3) is 4.27. The van der Waals surface area contributed by atoms with Crippen LogP contribution in [0.25, 0.3) is 6.08 Å². The Morgan fingerprint density at radius 3 is 2.52 bits per heavy atom. The van der Waals surface area contributed by atoms with Crippen LogP contribution in [0.5, 0.6) is 5.75 Å². The average Bonchev–Trinajstić information content (AvgIpc) is 2.54. The highest BCUT2D eigenvalue weighted by Gasteiger charge is 2.02. The van der Waals surface area contributed by atoms with E-state index in [0.29, 0.717) is 6.61 Å². The molecule has 2 heteroatoms. The van der Waals surface area contributed by atoms with Crippen LogP contribution >= 0.6 is 12.2 Å². The fourth-order valence-electron chi connectivity index (χ4n) is 2.08. The van der Waals surface area contributed by atoms with E-state index in [2.05, 4.69) is 25.1 Å². The van der Waals surface area contributed by atoms with Gasteiger partial charge in [0, 0.05) is 10.4 Å². The van der Waals surface area contributed by atoms with E-state index >= 15 is 0 Å². The zero-order chi connectivity index (χ0) is 15.1. The molecule has 0 saturated heterocycles. The zero-order valence-electron chi connectivity index (χ0n) is 12.5. The average molecular weight is 296 g/mol. The highest BCUT2D eigenvalue weighted by Crippen LogP contribution is 2.23. The summed E-state index contributed by atoms with van der Waals surface area (Å²) in [6.07, 6.45) is 5.00. The van der Waals surface area contributed by atoms with E-state index < -0.39 is 0 Å². The van der Waals surface area contributed by atoms with Gasteiger partial charge in [-0.05, 0) is 42.7 Å². The van der Waals surface area contributed by atoms with Crippen molar-refractivity contribution in [3.05, 3.63) is 71.3 Å². The van der Waals surface area contributed by atoms with Gasteiger partial charge >= 0.3 is 0 Å². The summed E-state index contributed by atoms with van der Waals surface area (Å²) in [5.41, 5.74) is 3.40. The first-order chi connectivity index (χ1) is 10.2. The van der Waals surface area contributed by atoms with Crippen molar-refractivity contribution in [2.75, 3.05) is 6.61 Å². The van der Waals surface area contributed by atoms with Crippen LogP contribution in [0.3, 0.4) is 0 Å². The molecule has 0 N–H and O–H groups in total. The molecular weight excluding hydrogens is 276 g/mol. The van der Waals surface area contributed by atoms with Crippen molar-refractivity contribution in [2.24, 2.45) is 0 Å². The molecule has 0 aliphatic rings. The van der Waals surface area contributed by atoms with Crippen molar-refractivity contribution < 1.29 is 4.74 Å². The van der Waals surface area contributed by atoms with Crippen LogP contribution in [-0.4, -0.2) is 11.5 Å². The summed E-state index contributed by atoms with van der Waals surface area (Å²) in [4.78, 5) is 0.831. The number of hydrogen-bond acceptors (Lipinski definition) is 2. The number of allylic oxidation sites excluding steroid dienone is 1. The molecule has 0 radical (unpaired) electrons. The highest BCUT2D eigenvalue weighted by molar-refractivity contribution is 7.81. The Morgan fingerprint density at radius 2 is 1.86 bits per heavy atom. The molecule has 0 aliphatic carbocycles. The Kier molecular flexibility index (Phi) is 5.70. The second kappa shape index (κ2) is 7.75. The third-order valence-electron chi connectivity index (χ3n) is 3.26. The van der Waals surface area contributed by atoms with Crippen LogP contribution in [0, 0.1) is 0 Å². The summed E-state index contributed by atoms with van der Waals surface area (Å²) >= 11 is 5.45. The normalized spacial score (nSPS) is 10.8. The molecule has 1 nitrogen and oxygen atoms in total. The van der Waals surface area contributed by atoms with Gasteiger partial charge in [0.05, 0.1) is 6.61 Å². The molecule has 0 saturated carbocycles. The largest absolute Gasteiger partial charge is 0.493 e. The van der Waals surface area contributed by atoms with Crippen molar-refractivity contribution in [3.63, 3.8) is 0 Å². The fourth-order valence-corrected chi connectivity index (χ4v) is 2.29. The maximum absolute atomic E-state index is 5.72. The van der Waals surface area contributed by atoms with Crippen LogP contribution < -0.4 is 4.74 Å². The van der Waals surface area contributed by atoms with Crippen molar-refractivity contribution >= 4 is 23.2 Å². The van der Waals surface area contributed by atoms with Gasteiger partial charge in [0.1, 0.15) is 5.75 Å². The number of rotatable bonds is 6. The first kappa shape index (κ1) is 15.5. The van der Waals surface area contributed by atoms with Crippen molar-refractivity contribution in [1.29, 1.82) is 0 Å². The summed E-state index contributed by atoms with van der Waals surface area (Å²) in [5.74, 6) is 0.920. The smallest absolute Gasteiger partial charge is 0.126 e. The molecule has 2 aromatic rings. The van der Waals surface area contributed by atoms with Crippen molar-refractivity contribution in [3.8, 4) is 5.75 Å². The zero-order valence-corrected chi connectivity index (χ0v) is 13.3. The summed E-state index contributed by atoms with van der Waals surface area (Å²) < 4.78 is 5.72. The van der Waals surface area contributed by atoms with Gasteiger partial charge in [0.2, 0.25) is 0 Å². The van der Waals surface area contributed by atoms with E-state index in [1.807, 2.05) is 49.4 Å².